The summed E-state index contributed by atoms with van der Waals surface area (Å²) in [6.07, 6.45) is 1.76. The van der Waals surface area contributed by atoms with Gasteiger partial charge in [-0.3, -0.25) is 9.69 Å². The standard InChI is InChI=1S/C34H40N4O4S/c1-7-10-28-31-26(21-38(28)43(40)34(2,3)4)19-27(33(39)35-20-24-14-15-29-30(18-24)42-22-41-29)36-32(31)25-13-8-11-23(17-25)12-9-16-37(5)6/h8,11,13-15,17-19,28H,7,10,16,20-22H2,1-6H3,(H,35,39)/t28-,43?/m1/s1. The Balaban J connectivity index is 1.53. The van der Waals surface area contributed by atoms with E-state index >= 15 is 0 Å². The summed E-state index contributed by atoms with van der Waals surface area (Å²) < 4.78 is 26.3. The number of aromatic nitrogens is 1. The molecular weight excluding hydrogens is 560 g/mol. The molecule has 226 valence electrons. The molecule has 0 fully saturated rings. The lowest BCUT2D eigenvalue weighted by atomic mass is 9.94. The van der Waals surface area contributed by atoms with Crippen LogP contribution in [-0.4, -0.2) is 56.8 Å². The lowest BCUT2D eigenvalue weighted by Crippen LogP contribution is -2.42. The molecule has 0 radical (unpaired) electrons. The number of carbonyl (C=O) groups excluding carboxylic acids is 1. The fraction of sp³-hybridized carbons (Fsp3) is 0.412. The van der Waals surface area contributed by atoms with E-state index < -0.39 is 16.1 Å². The highest BCUT2D eigenvalue weighted by Crippen LogP contribution is 2.45. The van der Waals surface area contributed by atoms with Crippen molar-refractivity contribution in [1.82, 2.24) is 19.5 Å². The highest BCUT2D eigenvalue weighted by molar-refractivity contribution is 7.90. The van der Waals surface area contributed by atoms with E-state index in [1.54, 1.807) is 0 Å². The van der Waals surface area contributed by atoms with Gasteiger partial charge in [-0.05, 0) is 82.7 Å². The van der Waals surface area contributed by atoms with Gasteiger partial charge in [-0.25, -0.2) is 4.98 Å². The van der Waals surface area contributed by atoms with Crippen molar-refractivity contribution >= 4 is 17.3 Å². The van der Waals surface area contributed by atoms with Crippen molar-refractivity contribution in [3.8, 4) is 34.6 Å². The Morgan fingerprint density at radius 3 is 2.70 bits per heavy atom. The van der Waals surface area contributed by atoms with E-state index in [2.05, 4.69) is 28.4 Å². The molecule has 0 saturated heterocycles. The first-order valence-electron chi connectivity index (χ1n) is 14.7. The zero-order valence-corrected chi connectivity index (χ0v) is 26.6. The lowest BCUT2D eigenvalue weighted by molar-refractivity contribution is 0.0946. The van der Waals surface area contributed by atoms with Gasteiger partial charge in [0.2, 0.25) is 6.79 Å². The second-order valence-electron chi connectivity index (χ2n) is 12.2. The molecule has 2 aromatic carbocycles. The van der Waals surface area contributed by atoms with Crippen LogP contribution < -0.4 is 14.8 Å². The topological polar surface area (TPSA) is 90.0 Å². The summed E-state index contributed by atoms with van der Waals surface area (Å²) in [5.74, 6) is 7.56. The molecule has 8 nitrogen and oxygen atoms in total. The number of hydrogen-bond acceptors (Lipinski definition) is 7. The maximum absolute atomic E-state index is 13.8. The third kappa shape index (κ3) is 7.00. The van der Waals surface area contributed by atoms with Crippen LogP contribution in [0.1, 0.15) is 79.3 Å². The van der Waals surface area contributed by atoms with Crippen LogP contribution in [0.3, 0.4) is 0 Å². The van der Waals surface area contributed by atoms with Gasteiger partial charge in [0.25, 0.3) is 5.91 Å². The van der Waals surface area contributed by atoms with Gasteiger partial charge in [-0.1, -0.05) is 43.4 Å². The van der Waals surface area contributed by atoms with Crippen LogP contribution in [0.2, 0.25) is 0 Å². The number of fused-ring (bicyclic) bond motifs is 2. The van der Waals surface area contributed by atoms with E-state index in [-0.39, 0.29) is 18.7 Å². The molecule has 5 rings (SSSR count). The maximum Gasteiger partial charge on any atom is 0.270 e. The van der Waals surface area contributed by atoms with E-state index in [9.17, 15) is 9.35 Å². The number of benzene rings is 2. The molecule has 0 bridgehead atoms. The summed E-state index contributed by atoms with van der Waals surface area (Å²) in [5.41, 5.74) is 5.78. The van der Waals surface area contributed by atoms with Crippen LogP contribution in [0.5, 0.6) is 11.5 Å². The van der Waals surface area contributed by atoms with E-state index in [0.29, 0.717) is 36.8 Å². The van der Waals surface area contributed by atoms with Crippen molar-refractivity contribution in [1.29, 1.82) is 0 Å². The number of nitrogens with one attached hydrogen (secondary N) is 1. The van der Waals surface area contributed by atoms with Crippen LogP contribution >= 0.6 is 0 Å². The minimum atomic E-state index is -1.24. The zero-order valence-electron chi connectivity index (χ0n) is 25.8. The molecule has 0 aliphatic carbocycles. The van der Waals surface area contributed by atoms with Crippen LogP contribution in [0.15, 0.2) is 48.5 Å². The van der Waals surface area contributed by atoms with Crippen LogP contribution in [-0.2, 0) is 24.5 Å². The summed E-state index contributed by atoms with van der Waals surface area (Å²) in [5, 5.41) is 3.02. The minimum Gasteiger partial charge on any atom is -0.597 e. The van der Waals surface area contributed by atoms with Gasteiger partial charge < -0.3 is 19.3 Å². The van der Waals surface area contributed by atoms with Gasteiger partial charge in [0, 0.05) is 34.6 Å². The van der Waals surface area contributed by atoms with Crippen molar-refractivity contribution in [2.75, 3.05) is 27.4 Å². The Morgan fingerprint density at radius 1 is 1.16 bits per heavy atom. The first-order valence-corrected chi connectivity index (χ1v) is 15.8. The first-order chi connectivity index (χ1) is 20.5. The Morgan fingerprint density at radius 2 is 1.95 bits per heavy atom. The molecule has 1 amide bonds. The molecule has 2 aliphatic rings. The van der Waals surface area contributed by atoms with Crippen LogP contribution in [0.4, 0.5) is 0 Å². The van der Waals surface area contributed by atoms with Gasteiger partial charge in [0.05, 0.1) is 24.8 Å². The summed E-state index contributed by atoms with van der Waals surface area (Å²) in [6.45, 7) is 9.80. The Hall–Kier alpha value is -3.55. The fourth-order valence-corrected chi connectivity index (χ4v) is 6.73. The number of pyridine rings is 1. The number of carbonyl (C=O) groups is 1. The molecule has 2 atom stereocenters. The average Bonchev–Trinajstić information content (AvgIpc) is 3.59. The molecule has 2 aliphatic heterocycles. The number of nitrogens with zero attached hydrogens (tertiary/aromatic N) is 3. The van der Waals surface area contributed by atoms with Gasteiger partial charge in [-0.15, -0.1) is 4.31 Å². The molecule has 1 unspecified atom stereocenters. The van der Waals surface area contributed by atoms with Gasteiger partial charge in [0.15, 0.2) is 11.5 Å². The quantitative estimate of drug-likeness (QED) is 0.272. The highest BCUT2D eigenvalue weighted by Gasteiger charge is 2.44. The summed E-state index contributed by atoms with van der Waals surface area (Å²) in [6, 6.07) is 15.4. The van der Waals surface area contributed by atoms with Crippen molar-refractivity contribution < 1.29 is 18.8 Å². The van der Waals surface area contributed by atoms with E-state index in [1.165, 1.54) is 0 Å². The normalized spacial score (nSPS) is 16.5. The van der Waals surface area contributed by atoms with Crippen molar-refractivity contribution in [2.24, 2.45) is 0 Å². The molecule has 43 heavy (non-hydrogen) atoms. The number of amides is 1. The number of ether oxygens (including phenoxy) is 2. The molecule has 9 heteroatoms. The van der Waals surface area contributed by atoms with E-state index in [4.69, 9.17) is 14.5 Å². The van der Waals surface area contributed by atoms with Gasteiger partial charge in [-0.2, -0.15) is 0 Å². The Bertz CT molecular complexity index is 1560. The Labute approximate surface area is 258 Å². The van der Waals surface area contributed by atoms with Crippen molar-refractivity contribution in [3.05, 3.63) is 76.5 Å². The third-order valence-electron chi connectivity index (χ3n) is 7.34. The predicted octanol–water partition coefficient (Wildman–Crippen LogP) is 5.44. The average molecular weight is 601 g/mol. The van der Waals surface area contributed by atoms with E-state index in [1.807, 2.05) is 88.3 Å². The molecule has 1 N–H and O–H groups in total. The van der Waals surface area contributed by atoms with Crippen molar-refractivity contribution in [3.63, 3.8) is 0 Å². The number of rotatable bonds is 8. The fourth-order valence-electron chi connectivity index (χ4n) is 5.32. The second-order valence-corrected chi connectivity index (χ2v) is 14.4. The highest BCUT2D eigenvalue weighted by atomic mass is 32.2. The SMILES string of the molecule is CCC[C@@H]1c2c(cc(C(=O)NCc3ccc4c(c3)OCO4)nc2-c2cccc(C#CCN(C)C)c2)CN1[S+]([O-])C(C)(C)C. The van der Waals surface area contributed by atoms with Crippen LogP contribution in [0, 0.1) is 11.8 Å². The molecule has 1 aromatic heterocycles. The molecule has 0 saturated carbocycles. The monoisotopic (exact) mass is 600 g/mol. The smallest absolute Gasteiger partial charge is 0.270 e. The first kappa shape index (κ1) is 30.9. The van der Waals surface area contributed by atoms with Gasteiger partial charge in [0.1, 0.15) is 10.4 Å². The number of hydrogen-bond donors (Lipinski definition) is 1. The maximum atomic E-state index is 13.8. The third-order valence-corrected chi connectivity index (χ3v) is 9.19. The lowest BCUT2D eigenvalue weighted by Gasteiger charge is -2.33. The predicted molar refractivity (Wildman–Crippen MR) is 170 cm³/mol. The van der Waals surface area contributed by atoms with Crippen LogP contribution in [0.25, 0.3) is 11.3 Å². The molecule has 0 spiro atoms. The Kier molecular flexibility index (Phi) is 9.33. The zero-order chi connectivity index (χ0) is 30.7. The molecule has 3 aromatic rings. The second kappa shape index (κ2) is 13.0. The summed E-state index contributed by atoms with van der Waals surface area (Å²) in [4.78, 5) is 20.6. The van der Waals surface area contributed by atoms with Crippen molar-refractivity contribution in [2.45, 2.75) is 64.4 Å². The minimum absolute atomic E-state index is 0.0724. The van der Waals surface area contributed by atoms with Gasteiger partial charge >= 0.3 is 0 Å². The molecular formula is C34H40N4O4S. The molecule has 3 heterocycles. The van der Waals surface area contributed by atoms with E-state index in [0.717, 1.165) is 46.4 Å². The largest absolute Gasteiger partial charge is 0.597 e. The summed E-state index contributed by atoms with van der Waals surface area (Å²) in [7, 11) is 3.98. The summed E-state index contributed by atoms with van der Waals surface area (Å²) >= 11 is -1.24.